The Hall–Kier alpha value is -3.13. The first kappa shape index (κ1) is 20.2. The van der Waals surface area contributed by atoms with Crippen LogP contribution in [-0.4, -0.2) is 20.9 Å². The fourth-order valence-corrected chi connectivity index (χ4v) is 4.00. The number of amides is 1. The monoisotopic (exact) mass is 426 g/mol. The zero-order chi connectivity index (χ0) is 20.9. The van der Waals surface area contributed by atoms with Crippen molar-refractivity contribution in [2.75, 3.05) is 0 Å². The number of carbonyl (C=O) groups excluding carboxylic acids is 1. The third-order valence-corrected chi connectivity index (χ3v) is 5.67. The van der Waals surface area contributed by atoms with E-state index < -0.39 is 17.5 Å². The number of unbranched alkanes of at least 4 members (excludes halogenated alkanes) is 1. The topological polar surface area (TPSA) is 70.7 Å². The van der Waals surface area contributed by atoms with Crippen LogP contribution in [-0.2, 0) is 19.4 Å². The average molecular weight is 426 g/mol. The first-order chi connectivity index (χ1) is 14.6. The van der Waals surface area contributed by atoms with E-state index in [1.165, 1.54) is 17.4 Å². The Morgan fingerprint density at radius 2 is 1.77 bits per heavy atom. The number of aryl methyl sites for hydroxylation is 2. The van der Waals surface area contributed by atoms with Gasteiger partial charge >= 0.3 is 0 Å². The number of aromatic amines is 1. The fraction of sp³-hybridized carbons (Fsp3) is 0.227. The number of H-pyrrole nitrogens is 1. The number of hydrogen-bond acceptors (Lipinski definition) is 4. The van der Waals surface area contributed by atoms with Crippen molar-refractivity contribution < 1.29 is 13.6 Å². The molecule has 2 aromatic carbocycles. The zero-order valence-electron chi connectivity index (χ0n) is 16.1. The molecule has 4 rings (SSSR count). The third kappa shape index (κ3) is 4.71. The van der Waals surface area contributed by atoms with Gasteiger partial charge in [-0.2, -0.15) is 0 Å². The summed E-state index contributed by atoms with van der Waals surface area (Å²) >= 11 is 1.41. The molecular formula is C22H20F2N4OS. The standard InChI is InChI=1S/C22H20F2N4OS/c23-15-6-5-7-16(24)14(15)12-25-22(29)19-13-30-21(28-19)11-4-3-10-20-26-17-8-1-2-9-18(17)27-20/h1-2,5-9,13H,3-4,10-12H2,(H,25,29)(H,26,27). The number of carbonyl (C=O) groups is 1. The van der Waals surface area contributed by atoms with Crippen molar-refractivity contribution >= 4 is 28.3 Å². The van der Waals surface area contributed by atoms with Crippen molar-refractivity contribution in [2.24, 2.45) is 0 Å². The van der Waals surface area contributed by atoms with Crippen LogP contribution < -0.4 is 5.32 Å². The highest BCUT2D eigenvalue weighted by atomic mass is 32.1. The van der Waals surface area contributed by atoms with Gasteiger partial charge in [-0.15, -0.1) is 11.3 Å². The predicted octanol–water partition coefficient (Wildman–Crippen LogP) is 4.79. The second-order valence-electron chi connectivity index (χ2n) is 6.92. The molecule has 0 bridgehead atoms. The zero-order valence-corrected chi connectivity index (χ0v) is 16.9. The van der Waals surface area contributed by atoms with Gasteiger partial charge in [0, 0.05) is 23.9 Å². The minimum absolute atomic E-state index is 0.160. The summed E-state index contributed by atoms with van der Waals surface area (Å²) in [7, 11) is 0. The lowest BCUT2D eigenvalue weighted by Crippen LogP contribution is -2.24. The minimum atomic E-state index is -0.682. The van der Waals surface area contributed by atoms with Crippen LogP contribution in [0.2, 0.25) is 0 Å². The lowest BCUT2D eigenvalue weighted by molar-refractivity contribution is 0.0945. The summed E-state index contributed by atoms with van der Waals surface area (Å²) in [6.45, 7) is -0.221. The Kier molecular flexibility index (Phi) is 6.13. The number of aromatic nitrogens is 3. The molecule has 0 saturated heterocycles. The van der Waals surface area contributed by atoms with Crippen LogP contribution >= 0.6 is 11.3 Å². The maximum Gasteiger partial charge on any atom is 0.271 e. The molecule has 5 nitrogen and oxygen atoms in total. The van der Waals surface area contributed by atoms with Crippen LogP contribution in [0, 0.1) is 11.6 Å². The molecule has 0 spiro atoms. The van der Waals surface area contributed by atoms with Gasteiger partial charge in [-0.05, 0) is 43.5 Å². The van der Waals surface area contributed by atoms with E-state index in [0.29, 0.717) is 0 Å². The van der Waals surface area contributed by atoms with E-state index in [1.807, 2.05) is 24.3 Å². The van der Waals surface area contributed by atoms with E-state index in [1.54, 1.807) is 5.38 Å². The third-order valence-electron chi connectivity index (χ3n) is 4.76. The lowest BCUT2D eigenvalue weighted by atomic mass is 10.2. The highest BCUT2D eigenvalue weighted by Crippen LogP contribution is 2.16. The molecule has 0 aliphatic heterocycles. The Bertz CT molecular complexity index is 1120. The van der Waals surface area contributed by atoms with E-state index in [0.717, 1.165) is 59.7 Å². The van der Waals surface area contributed by atoms with Gasteiger partial charge in [0.1, 0.15) is 23.2 Å². The minimum Gasteiger partial charge on any atom is -0.346 e. The maximum atomic E-state index is 13.7. The van der Waals surface area contributed by atoms with Crippen LogP contribution in [0.3, 0.4) is 0 Å². The van der Waals surface area contributed by atoms with E-state index >= 15 is 0 Å². The van der Waals surface area contributed by atoms with Gasteiger partial charge in [0.15, 0.2) is 0 Å². The van der Waals surface area contributed by atoms with Crippen LogP contribution in [0.4, 0.5) is 8.78 Å². The summed E-state index contributed by atoms with van der Waals surface area (Å²) in [4.78, 5) is 24.5. The number of para-hydroxylation sites is 2. The number of nitrogens with one attached hydrogen (secondary N) is 2. The van der Waals surface area contributed by atoms with Gasteiger partial charge in [-0.3, -0.25) is 4.79 Å². The molecule has 0 atom stereocenters. The van der Waals surface area contributed by atoms with Crippen molar-refractivity contribution in [2.45, 2.75) is 32.2 Å². The first-order valence-electron chi connectivity index (χ1n) is 9.69. The number of nitrogens with zero attached hydrogens (tertiary/aromatic N) is 2. The Morgan fingerprint density at radius 3 is 2.57 bits per heavy atom. The highest BCUT2D eigenvalue weighted by Gasteiger charge is 2.14. The summed E-state index contributed by atoms with van der Waals surface area (Å²) < 4.78 is 27.3. The summed E-state index contributed by atoms with van der Waals surface area (Å²) in [6, 6.07) is 11.6. The second kappa shape index (κ2) is 9.13. The van der Waals surface area contributed by atoms with Gasteiger partial charge < -0.3 is 10.3 Å². The molecule has 2 heterocycles. The Labute approximate surface area is 176 Å². The Balaban J connectivity index is 1.25. The average Bonchev–Trinajstić information content (AvgIpc) is 3.37. The van der Waals surface area contributed by atoms with Gasteiger partial charge in [-0.1, -0.05) is 18.2 Å². The number of thiazole rings is 1. The molecule has 2 aromatic heterocycles. The van der Waals surface area contributed by atoms with Gasteiger partial charge in [0.2, 0.25) is 0 Å². The van der Waals surface area contributed by atoms with E-state index in [-0.39, 0.29) is 17.8 Å². The summed E-state index contributed by atoms with van der Waals surface area (Å²) in [5, 5.41) is 5.06. The largest absolute Gasteiger partial charge is 0.346 e. The Morgan fingerprint density at radius 1 is 1.00 bits per heavy atom. The van der Waals surface area contributed by atoms with Crippen molar-refractivity contribution in [3.63, 3.8) is 0 Å². The smallest absolute Gasteiger partial charge is 0.271 e. The van der Waals surface area contributed by atoms with Crippen LogP contribution in [0.15, 0.2) is 47.8 Å². The number of imidazole rings is 1. The highest BCUT2D eigenvalue weighted by molar-refractivity contribution is 7.09. The molecule has 0 aliphatic rings. The van der Waals surface area contributed by atoms with Crippen molar-refractivity contribution in [1.29, 1.82) is 0 Å². The first-order valence-corrected chi connectivity index (χ1v) is 10.6. The molecule has 0 saturated carbocycles. The number of hydrogen-bond donors (Lipinski definition) is 2. The van der Waals surface area contributed by atoms with Crippen LogP contribution in [0.25, 0.3) is 11.0 Å². The molecular weight excluding hydrogens is 406 g/mol. The molecule has 0 fully saturated rings. The predicted molar refractivity (Wildman–Crippen MR) is 112 cm³/mol. The van der Waals surface area contributed by atoms with E-state index in [4.69, 9.17) is 0 Å². The fourth-order valence-electron chi connectivity index (χ4n) is 3.18. The second-order valence-corrected chi connectivity index (χ2v) is 7.86. The molecule has 0 radical (unpaired) electrons. The van der Waals surface area contributed by atoms with Gasteiger partial charge in [-0.25, -0.2) is 18.7 Å². The summed E-state index contributed by atoms with van der Waals surface area (Å²) in [6.07, 6.45) is 3.49. The molecule has 0 aliphatic carbocycles. The normalized spacial score (nSPS) is 11.1. The van der Waals surface area contributed by atoms with E-state index in [2.05, 4.69) is 20.3 Å². The summed E-state index contributed by atoms with van der Waals surface area (Å²) in [5.74, 6) is -0.837. The molecule has 0 unspecified atom stereocenters. The van der Waals surface area contributed by atoms with Crippen LogP contribution in [0.1, 0.15) is 39.7 Å². The molecule has 154 valence electrons. The maximum absolute atomic E-state index is 13.7. The number of halogens is 2. The van der Waals surface area contributed by atoms with Crippen molar-refractivity contribution in [3.8, 4) is 0 Å². The van der Waals surface area contributed by atoms with Crippen LogP contribution in [0.5, 0.6) is 0 Å². The van der Waals surface area contributed by atoms with Crippen molar-refractivity contribution in [3.05, 3.63) is 81.6 Å². The molecule has 30 heavy (non-hydrogen) atoms. The number of rotatable bonds is 8. The van der Waals surface area contributed by atoms with Gasteiger partial charge in [0.25, 0.3) is 5.91 Å². The number of benzene rings is 2. The van der Waals surface area contributed by atoms with E-state index in [9.17, 15) is 13.6 Å². The SMILES string of the molecule is O=C(NCc1c(F)cccc1F)c1csc(CCCCc2nc3ccccc3[nH]2)n1. The molecule has 4 aromatic rings. The molecule has 1 amide bonds. The number of fused-ring (bicyclic) bond motifs is 1. The summed E-state index contributed by atoms with van der Waals surface area (Å²) in [5.41, 5.74) is 2.12. The molecule has 2 N–H and O–H groups in total. The quantitative estimate of drug-likeness (QED) is 0.398. The van der Waals surface area contributed by atoms with Gasteiger partial charge in [0.05, 0.1) is 16.0 Å². The van der Waals surface area contributed by atoms with Crippen molar-refractivity contribution in [1.82, 2.24) is 20.3 Å². The lowest BCUT2D eigenvalue weighted by Gasteiger charge is -2.06. The molecule has 8 heteroatoms.